The number of amides is 1. The van der Waals surface area contributed by atoms with E-state index < -0.39 is 0 Å². The number of hydrogen-bond acceptors (Lipinski definition) is 7. The molecule has 3 aromatic rings. The van der Waals surface area contributed by atoms with E-state index in [2.05, 4.69) is 16.0 Å². The van der Waals surface area contributed by atoms with Crippen molar-refractivity contribution < 1.29 is 19.0 Å². The SMILES string of the molecule is COc1ccc(-c2nc(CC(=O)N3CCN(Cc4ccc5c(c4)OCO5)CC3)cs2)cc1. The molecule has 8 heteroatoms. The Morgan fingerprint density at radius 1 is 1.06 bits per heavy atom. The fourth-order valence-electron chi connectivity index (χ4n) is 3.97. The third-order valence-corrected chi connectivity index (χ3v) is 6.73. The van der Waals surface area contributed by atoms with Crippen LogP contribution in [-0.4, -0.2) is 60.8 Å². The second-order valence-corrected chi connectivity index (χ2v) is 8.75. The monoisotopic (exact) mass is 451 g/mol. The van der Waals surface area contributed by atoms with Gasteiger partial charge in [-0.25, -0.2) is 4.98 Å². The van der Waals surface area contributed by atoms with Gasteiger partial charge in [0.2, 0.25) is 12.7 Å². The summed E-state index contributed by atoms with van der Waals surface area (Å²) < 4.78 is 16.1. The summed E-state index contributed by atoms with van der Waals surface area (Å²) in [5, 5.41) is 2.90. The Bertz CT molecular complexity index is 1090. The molecule has 2 aliphatic heterocycles. The maximum atomic E-state index is 12.8. The van der Waals surface area contributed by atoms with E-state index in [-0.39, 0.29) is 5.91 Å². The number of carbonyl (C=O) groups excluding carboxylic acids is 1. The summed E-state index contributed by atoms with van der Waals surface area (Å²) in [5.41, 5.74) is 3.06. The Morgan fingerprint density at radius 2 is 1.84 bits per heavy atom. The van der Waals surface area contributed by atoms with Gasteiger partial charge >= 0.3 is 0 Å². The van der Waals surface area contributed by atoms with Gasteiger partial charge in [-0.05, 0) is 42.0 Å². The second kappa shape index (κ2) is 9.18. The molecule has 166 valence electrons. The number of thiazole rings is 1. The highest BCUT2D eigenvalue weighted by Crippen LogP contribution is 2.33. The van der Waals surface area contributed by atoms with E-state index in [9.17, 15) is 4.79 Å². The smallest absolute Gasteiger partial charge is 0.231 e. The molecule has 7 nitrogen and oxygen atoms in total. The zero-order chi connectivity index (χ0) is 21.9. The lowest BCUT2D eigenvalue weighted by atomic mass is 10.1. The van der Waals surface area contributed by atoms with Crippen LogP contribution in [0.1, 0.15) is 11.3 Å². The van der Waals surface area contributed by atoms with Gasteiger partial charge in [-0.3, -0.25) is 9.69 Å². The van der Waals surface area contributed by atoms with E-state index >= 15 is 0 Å². The molecule has 5 rings (SSSR count). The van der Waals surface area contributed by atoms with Crippen LogP contribution in [0.25, 0.3) is 10.6 Å². The molecule has 3 heterocycles. The average Bonchev–Trinajstić information content (AvgIpc) is 3.49. The predicted molar refractivity (Wildman–Crippen MR) is 122 cm³/mol. The summed E-state index contributed by atoms with van der Waals surface area (Å²) >= 11 is 1.56. The van der Waals surface area contributed by atoms with Crippen LogP contribution in [0, 0.1) is 0 Å². The summed E-state index contributed by atoms with van der Waals surface area (Å²) in [6.07, 6.45) is 0.342. The van der Waals surface area contributed by atoms with Gasteiger partial charge in [0, 0.05) is 43.7 Å². The Labute approximate surface area is 191 Å². The molecule has 1 fully saturated rings. The van der Waals surface area contributed by atoms with Crippen molar-refractivity contribution in [3.8, 4) is 27.8 Å². The molecule has 2 aliphatic rings. The normalized spacial score (nSPS) is 15.7. The molecule has 0 aliphatic carbocycles. The molecule has 0 N–H and O–H groups in total. The van der Waals surface area contributed by atoms with Gasteiger partial charge in [0.05, 0.1) is 19.2 Å². The van der Waals surface area contributed by atoms with Crippen LogP contribution in [-0.2, 0) is 17.8 Å². The third-order valence-electron chi connectivity index (χ3n) is 5.79. The van der Waals surface area contributed by atoms with Crippen molar-refractivity contribution in [3.05, 3.63) is 59.1 Å². The van der Waals surface area contributed by atoms with Crippen molar-refractivity contribution in [2.45, 2.75) is 13.0 Å². The van der Waals surface area contributed by atoms with Crippen LogP contribution in [0.4, 0.5) is 0 Å². The molecule has 0 radical (unpaired) electrons. The quantitative estimate of drug-likeness (QED) is 0.572. The van der Waals surface area contributed by atoms with Gasteiger partial charge in [0.1, 0.15) is 10.8 Å². The first-order chi connectivity index (χ1) is 15.7. The standard InChI is InChI=1S/C24H25N3O4S/c1-29-20-5-3-18(4-6-20)24-25-19(15-32-24)13-23(28)27-10-8-26(9-11-27)14-17-2-7-21-22(12-17)31-16-30-21/h2-7,12,15H,8-11,13-14,16H2,1H3. The molecular weight excluding hydrogens is 426 g/mol. The lowest BCUT2D eigenvalue weighted by Crippen LogP contribution is -2.48. The number of methoxy groups -OCH3 is 1. The molecule has 0 spiro atoms. The van der Waals surface area contributed by atoms with Gasteiger partial charge < -0.3 is 19.1 Å². The van der Waals surface area contributed by atoms with Crippen molar-refractivity contribution in [3.63, 3.8) is 0 Å². The minimum atomic E-state index is 0.138. The Balaban J connectivity index is 1.13. The second-order valence-electron chi connectivity index (χ2n) is 7.89. The van der Waals surface area contributed by atoms with Crippen LogP contribution in [0.5, 0.6) is 17.2 Å². The number of piperazine rings is 1. The van der Waals surface area contributed by atoms with Crippen LogP contribution < -0.4 is 14.2 Å². The molecule has 2 aromatic carbocycles. The Hall–Kier alpha value is -3.10. The van der Waals surface area contributed by atoms with E-state index in [1.54, 1.807) is 18.4 Å². The van der Waals surface area contributed by atoms with Crippen LogP contribution >= 0.6 is 11.3 Å². The number of nitrogens with zero attached hydrogens (tertiary/aromatic N) is 3. The van der Waals surface area contributed by atoms with E-state index in [1.165, 1.54) is 5.56 Å². The number of ether oxygens (including phenoxy) is 3. The topological polar surface area (TPSA) is 64.1 Å². The fourth-order valence-corrected chi connectivity index (χ4v) is 4.80. The van der Waals surface area contributed by atoms with E-state index in [1.807, 2.05) is 46.7 Å². The average molecular weight is 452 g/mol. The Morgan fingerprint density at radius 3 is 2.62 bits per heavy atom. The lowest BCUT2D eigenvalue weighted by molar-refractivity contribution is -0.132. The molecule has 0 unspecified atom stereocenters. The molecule has 1 saturated heterocycles. The van der Waals surface area contributed by atoms with Crippen LogP contribution in [0.3, 0.4) is 0 Å². The van der Waals surface area contributed by atoms with Crippen LogP contribution in [0.2, 0.25) is 0 Å². The number of benzene rings is 2. The van der Waals surface area contributed by atoms with E-state index in [0.717, 1.165) is 66.2 Å². The van der Waals surface area contributed by atoms with Gasteiger partial charge in [-0.1, -0.05) is 6.07 Å². The third kappa shape index (κ3) is 4.56. The number of hydrogen-bond donors (Lipinski definition) is 0. The van der Waals surface area contributed by atoms with Crippen molar-refractivity contribution >= 4 is 17.2 Å². The molecule has 1 aromatic heterocycles. The van der Waals surface area contributed by atoms with E-state index in [4.69, 9.17) is 14.2 Å². The first kappa shape index (κ1) is 20.8. The molecular formula is C24H25N3O4S. The van der Waals surface area contributed by atoms with Crippen molar-refractivity contribution in [1.29, 1.82) is 0 Å². The summed E-state index contributed by atoms with van der Waals surface area (Å²) in [5.74, 6) is 2.58. The van der Waals surface area contributed by atoms with Gasteiger partial charge in [0.15, 0.2) is 11.5 Å². The zero-order valence-electron chi connectivity index (χ0n) is 18.0. The number of carbonyl (C=O) groups is 1. The summed E-state index contributed by atoms with van der Waals surface area (Å²) in [6, 6.07) is 13.9. The number of aromatic nitrogens is 1. The fraction of sp³-hybridized carbons (Fsp3) is 0.333. The maximum absolute atomic E-state index is 12.8. The molecule has 1 amide bonds. The number of fused-ring (bicyclic) bond motifs is 1. The molecule has 0 saturated carbocycles. The molecule has 0 bridgehead atoms. The highest BCUT2D eigenvalue weighted by molar-refractivity contribution is 7.13. The largest absolute Gasteiger partial charge is 0.497 e. The highest BCUT2D eigenvalue weighted by Gasteiger charge is 2.23. The first-order valence-corrected chi connectivity index (χ1v) is 11.5. The lowest BCUT2D eigenvalue weighted by Gasteiger charge is -2.34. The Kier molecular flexibility index (Phi) is 5.96. The van der Waals surface area contributed by atoms with Gasteiger partial charge in [0.25, 0.3) is 0 Å². The highest BCUT2D eigenvalue weighted by atomic mass is 32.1. The van der Waals surface area contributed by atoms with E-state index in [0.29, 0.717) is 13.2 Å². The summed E-state index contributed by atoms with van der Waals surface area (Å²) in [4.78, 5) is 21.8. The van der Waals surface area contributed by atoms with Gasteiger partial charge in [-0.15, -0.1) is 11.3 Å². The maximum Gasteiger partial charge on any atom is 0.231 e. The van der Waals surface area contributed by atoms with Crippen molar-refractivity contribution in [2.24, 2.45) is 0 Å². The summed E-state index contributed by atoms with van der Waals surface area (Å²) in [7, 11) is 1.65. The minimum absolute atomic E-state index is 0.138. The minimum Gasteiger partial charge on any atom is -0.497 e. The molecule has 32 heavy (non-hydrogen) atoms. The van der Waals surface area contributed by atoms with Crippen molar-refractivity contribution in [1.82, 2.24) is 14.8 Å². The van der Waals surface area contributed by atoms with Gasteiger partial charge in [-0.2, -0.15) is 0 Å². The zero-order valence-corrected chi connectivity index (χ0v) is 18.8. The first-order valence-electron chi connectivity index (χ1n) is 10.7. The predicted octanol–water partition coefficient (Wildman–Crippen LogP) is 3.43. The molecule has 0 atom stereocenters. The van der Waals surface area contributed by atoms with Crippen LogP contribution in [0.15, 0.2) is 47.8 Å². The van der Waals surface area contributed by atoms with Crippen molar-refractivity contribution in [2.75, 3.05) is 40.1 Å². The number of rotatable bonds is 6. The summed E-state index contributed by atoms with van der Waals surface area (Å²) in [6.45, 7) is 4.32.